The molecule has 0 saturated heterocycles. The highest BCUT2D eigenvalue weighted by Gasteiger charge is 2.12. The highest BCUT2D eigenvalue weighted by atomic mass is 16.5. The Balaban J connectivity index is 1.57. The smallest absolute Gasteiger partial charge is 0.319 e. The average Bonchev–Trinajstić information content (AvgIpc) is 3.09. The SMILES string of the molecule is COc1ccc(C(O)CNC(=O)Nc2cnc3c(cnn3C(C)C)c2)cc1. The van der Waals surface area contributed by atoms with E-state index in [0.29, 0.717) is 17.0 Å². The summed E-state index contributed by atoms with van der Waals surface area (Å²) in [5, 5.41) is 20.7. The van der Waals surface area contributed by atoms with Crippen LogP contribution in [0, 0.1) is 0 Å². The Morgan fingerprint density at radius 3 is 2.67 bits per heavy atom. The first-order valence-electron chi connectivity index (χ1n) is 8.68. The molecule has 0 bridgehead atoms. The molecular weight excluding hydrogens is 346 g/mol. The van der Waals surface area contributed by atoms with Crippen LogP contribution >= 0.6 is 0 Å². The molecule has 27 heavy (non-hydrogen) atoms. The molecule has 3 N–H and O–H groups in total. The second kappa shape index (κ2) is 8.05. The molecule has 142 valence electrons. The van der Waals surface area contributed by atoms with Gasteiger partial charge in [0.25, 0.3) is 0 Å². The summed E-state index contributed by atoms with van der Waals surface area (Å²) in [6.07, 6.45) is 2.49. The zero-order chi connectivity index (χ0) is 19.4. The first kappa shape index (κ1) is 18.7. The van der Waals surface area contributed by atoms with Crippen molar-refractivity contribution in [3.05, 3.63) is 48.3 Å². The lowest BCUT2D eigenvalue weighted by Gasteiger charge is -2.13. The van der Waals surface area contributed by atoms with E-state index in [2.05, 4.69) is 20.7 Å². The van der Waals surface area contributed by atoms with Crippen LogP contribution in [-0.2, 0) is 0 Å². The molecule has 3 aromatic rings. The number of carbonyl (C=O) groups excluding carboxylic acids is 1. The molecule has 8 nitrogen and oxygen atoms in total. The summed E-state index contributed by atoms with van der Waals surface area (Å²) < 4.78 is 6.91. The van der Waals surface area contributed by atoms with Crippen LogP contribution in [0.3, 0.4) is 0 Å². The van der Waals surface area contributed by atoms with Crippen LogP contribution in [0.25, 0.3) is 11.0 Å². The minimum absolute atomic E-state index is 0.0825. The van der Waals surface area contributed by atoms with Crippen molar-refractivity contribution in [3.63, 3.8) is 0 Å². The van der Waals surface area contributed by atoms with Crippen molar-refractivity contribution in [1.82, 2.24) is 20.1 Å². The number of nitrogens with one attached hydrogen (secondary N) is 2. The van der Waals surface area contributed by atoms with Crippen LogP contribution in [0.5, 0.6) is 5.75 Å². The largest absolute Gasteiger partial charge is 0.497 e. The van der Waals surface area contributed by atoms with E-state index in [1.807, 2.05) is 24.6 Å². The van der Waals surface area contributed by atoms with Gasteiger partial charge in [-0.05, 0) is 37.6 Å². The van der Waals surface area contributed by atoms with Crippen LogP contribution < -0.4 is 15.4 Å². The predicted octanol–water partition coefficient (Wildman–Crippen LogP) is 2.88. The molecule has 3 rings (SSSR count). The van der Waals surface area contributed by atoms with Gasteiger partial charge in [-0.3, -0.25) is 0 Å². The fourth-order valence-corrected chi connectivity index (χ4v) is 2.69. The maximum atomic E-state index is 12.1. The van der Waals surface area contributed by atoms with Crippen LogP contribution in [0.2, 0.25) is 0 Å². The lowest BCUT2D eigenvalue weighted by Crippen LogP contribution is -2.32. The van der Waals surface area contributed by atoms with E-state index in [1.165, 1.54) is 0 Å². The van der Waals surface area contributed by atoms with Gasteiger partial charge in [-0.2, -0.15) is 5.10 Å². The molecule has 0 saturated carbocycles. The van der Waals surface area contributed by atoms with Crippen molar-refractivity contribution in [2.75, 3.05) is 19.0 Å². The molecule has 0 aliphatic heterocycles. The lowest BCUT2D eigenvalue weighted by atomic mass is 10.1. The number of aliphatic hydroxyl groups is 1. The van der Waals surface area contributed by atoms with E-state index in [-0.39, 0.29) is 12.6 Å². The molecule has 2 amide bonds. The highest BCUT2D eigenvalue weighted by Crippen LogP contribution is 2.19. The van der Waals surface area contributed by atoms with Gasteiger partial charge < -0.3 is 20.5 Å². The number of hydrogen-bond donors (Lipinski definition) is 3. The predicted molar refractivity (Wildman–Crippen MR) is 103 cm³/mol. The molecule has 0 aliphatic carbocycles. The number of amides is 2. The van der Waals surface area contributed by atoms with Gasteiger partial charge in [-0.25, -0.2) is 14.5 Å². The van der Waals surface area contributed by atoms with Crippen molar-refractivity contribution in [3.8, 4) is 5.75 Å². The fraction of sp³-hybridized carbons (Fsp3) is 0.316. The van der Waals surface area contributed by atoms with E-state index in [0.717, 1.165) is 11.0 Å². The fourth-order valence-electron chi connectivity index (χ4n) is 2.69. The number of pyridine rings is 1. The Morgan fingerprint density at radius 1 is 1.26 bits per heavy atom. The van der Waals surface area contributed by atoms with Crippen LogP contribution in [-0.4, -0.2) is 39.6 Å². The Labute approximate surface area is 157 Å². The molecule has 2 heterocycles. The second-order valence-corrected chi connectivity index (χ2v) is 6.44. The second-order valence-electron chi connectivity index (χ2n) is 6.44. The molecule has 1 atom stereocenters. The van der Waals surface area contributed by atoms with Gasteiger partial charge in [-0.15, -0.1) is 0 Å². The number of fused-ring (bicyclic) bond motifs is 1. The summed E-state index contributed by atoms with van der Waals surface area (Å²) in [4.78, 5) is 16.5. The summed E-state index contributed by atoms with van der Waals surface area (Å²) in [7, 11) is 1.58. The number of ether oxygens (including phenoxy) is 1. The maximum absolute atomic E-state index is 12.1. The van der Waals surface area contributed by atoms with Gasteiger partial charge in [0.15, 0.2) is 5.65 Å². The number of carbonyl (C=O) groups is 1. The number of anilines is 1. The van der Waals surface area contributed by atoms with Gasteiger partial charge in [-0.1, -0.05) is 12.1 Å². The van der Waals surface area contributed by atoms with Crippen molar-refractivity contribution < 1.29 is 14.6 Å². The molecular formula is C19H23N5O3. The minimum Gasteiger partial charge on any atom is -0.497 e. The molecule has 0 fully saturated rings. The molecule has 0 radical (unpaired) electrons. The normalized spacial score (nSPS) is 12.2. The summed E-state index contributed by atoms with van der Waals surface area (Å²) in [5.41, 5.74) is 2.02. The van der Waals surface area contributed by atoms with Crippen molar-refractivity contribution in [1.29, 1.82) is 0 Å². The molecule has 8 heteroatoms. The molecule has 2 aromatic heterocycles. The number of rotatable bonds is 6. The zero-order valence-electron chi connectivity index (χ0n) is 15.5. The van der Waals surface area contributed by atoms with E-state index in [4.69, 9.17) is 4.74 Å². The highest BCUT2D eigenvalue weighted by molar-refractivity contribution is 5.91. The third-order valence-electron chi connectivity index (χ3n) is 4.14. The molecule has 1 aromatic carbocycles. The number of hydrogen-bond acceptors (Lipinski definition) is 5. The monoisotopic (exact) mass is 369 g/mol. The summed E-state index contributed by atoms with van der Waals surface area (Å²) in [5.74, 6) is 0.709. The quantitative estimate of drug-likeness (QED) is 0.620. The summed E-state index contributed by atoms with van der Waals surface area (Å²) in [6.45, 7) is 4.14. The number of aliphatic hydroxyl groups excluding tert-OH is 1. The first-order chi connectivity index (χ1) is 13.0. The van der Waals surface area contributed by atoms with E-state index in [1.54, 1.807) is 43.8 Å². The Morgan fingerprint density at radius 2 is 2.00 bits per heavy atom. The van der Waals surface area contributed by atoms with Crippen LogP contribution in [0.15, 0.2) is 42.7 Å². The summed E-state index contributed by atoms with van der Waals surface area (Å²) in [6, 6.07) is 8.64. The number of benzene rings is 1. The Hall–Kier alpha value is -3.13. The van der Waals surface area contributed by atoms with Crippen molar-refractivity contribution in [2.45, 2.75) is 26.0 Å². The number of aromatic nitrogens is 3. The molecule has 1 unspecified atom stereocenters. The van der Waals surface area contributed by atoms with Gasteiger partial charge in [0.05, 0.1) is 31.3 Å². The van der Waals surface area contributed by atoms with Crippen molar-refractivity contribution in [2.24, 2.45) is 0 Å². The topological polar surface area (TPSA) is 101 Å². The van der Waals surface area contributed by atoms with Gasteiger partial charge in [0.2, 0.25) is 0 Å². The van der Waals surface area contributed by atoms with Crippen molar-refractivity contribution >= 4 is 22.8 Å². The Bertz CT molecular complexity index is 921. The number of methoxy groups -OCH3 is 1. The third-order valence-corrected chi connectivity index (χ3v) is 4.14. The van der Waals surface area contributed by atoms with Crippen LogP contribution in [0.4, 0.5) is 10.5 Å². The van der Waals surface area contributed by atoms with Gasteiger partial charge in [0.1, 0.15) is 5.75 Å². The standard InChI is InChI=1S/C19H23N5O3/c1-12(2)24-18-14(9-22-24)8-15(10-20-18)23-19(26)21-11-17(25)13-4-6-16(27-3)7-5-13/h4-10,12,17,25H,11H2,1-3H3,(H2,21,23,26). The maximum Gasteiger partial charge on any atom is 0.319 e. The van der Waals surface area contributed by atoms with Gasteiger partial charge >= 0.3 is 6.03 Å². The first-order valence-corrected chi connectivity index (χ1v) is 8.68. The van der Waals surface area contributed by atoms with Gasteiger partial charge in [0, 0.05) is 18.0 Å². The number of urea groups is 1. The average molecular weight is 369 g/mol. The van der Waals surface area contributed by atoms with E-state index >= 15 is 0 Å². The summed E-state index contributed by atoms with van der Waals surface area (Å²) >= 11 is 0. The number of nitrogens with zero attached hydrogens (tertiary/aromatic N) is 3. The molecule has 0 aliphatic rings. The van der Waals surface area contributed by atoms with E-state index < -0.39 is 12.1 Å². The Kier molecular flexibility index (Phi) is 5.56. The van der Waals surface area contributed by atoms with Crippen LogP contribution in [0.1, 0.15) is 31.6 Å². The molecule has 0 spiro atoms. The lowest BCUT2D eigenvalue weighted by molar-refractivity contribution is 0.175. The minimum atomic E-state index is -0.813. The zero-order valence-corrected chi connectivity index (χ0v) is 15.5. The third kappa shape index (κ3) is 4.35. The van der Waals surface area contributed by atoms with E-state index in [9.17, 15) is 9.90 Å².